The van der Waals surface area contributed by atoms with Crippen molar-refractivity contribution in [1.82, 2.24) is 4.72 Å². The van der Waals surface area contributed by atoms with Gasteiger partial charge in [0.1, 0.15) is 5.75 Å². The van der Waals surface area contributed by atoms with Gasteiger partial charge >= 0.3 is 0 Å². The Hall–Kier alpha value is -1.98. The number of aliphatic hydroxyl groups is 1. The number of aliphatic hydroxyl groups excluding tert-OH is 1. The number of nitrogens with one attached hydrogen (secondary N) is 1. The second kappa shape index (κ2) is 9.10. The number of nitrogens with two attached hydrogens (primary N) is 1. The quantitative estimate of drug-likeness (QED) is 0.543. The molecule has 0 spiro atoms. The standard InChI is InChI=1S/C16H20N2O6S2/c1-23-14-3-2-12(8-13(14)16(17)20)26(21,22)18-9-15(24-6-5-19)11-4-7-25-10-11/h2-4,7-8,10,15,18-19H,5-6,9H2,1H3,(H2,17,20)/t15-/m0/s1. The number of benzene rings is 1. The van der Waals surface area contributed by atoms with Crippen LogP contribution in [0, 0.1) is 0 Å². The average Bonchev–Trinajstić information content (AvgIpc) is 3.15. The van der Waals surface area contributed by atoms with Gasteiger partial charge in [-0.3, -0.25) is 4.79 Å². The Bertz CT molecular complexity index is 836. The highest BCUT2D eigenvalue weighted by molar-refractivity contribution is 7.89. The summed E-state index contributed by atoms with van der Waals surface area (Å²) in [6.07, 6.45) is -0.544. The molecule has 1 amide bonds. The third-order valence-corrected chi connectivity index (χ3v) is 5.65. The lowest BCUT2D eigenvalue weighted by Gasteiger charge is -2.17. The van der Waals surface area contributed by atoms with Crippen molar-refractivity contribution >= 4 is 27.3 Å². The van der Waals surface area contributed by atoms with Crippen LogP contribution in [0.4, 0.5) is 0 Å². The molecule has 1 atom stereocenters. The zero-order valence-corrected chi connectivity index (χ0v) is 15.7. The molecule has 142 valence electrons. The molecule has 4 N–H and O–H groups in total. The van der Waals surface area contributed by atoms with Gasteiger partial charge in [0, 0.05) is 6.54 Å². The highest BCUT2D eigenvalue weighted by atomic mass is 32.2. The second-order valence-electron chi connectivity index (χ2n) is 5.22. The van der Waals surface area contributed by atoms with Crippen LogP contribution in [0.3, 0.4) is 0 Å². The maximum Gasteiger partial charge on any atom is 0.252 e. The van der Waals surface area contributed by atoms with E-state index in [1.54, 1.807) is 0 Å². The molecule has 1 aromatic carbocycles. The number of carbonyl (C=O) groups is 1. The van der Waals surface area contributed by atoms with Crippen LogP contribution in [-0.2, 0) is 14.8 Å². The SMILES string of the molecule is COc1ccc(S(=O)(=O)NC[C@H](OCCO)c2ccsc2)cc1C(N)=O. The van der Waals surface area contributed by atoms with Crippen LogP contribution in [0.25, 0.3) is 0 Å². The molecular weight excluding hydrogens is 380 g/mol. The van der Waals surface area contributed by atoms with Gasteiger partial charge in [-0.05, 0) is 40.6 Å². The molecule has 0 saturated heterocycles. The van der Waals surface area contributed by atoms with Gasteiger partial charge < -0.3 is 20.3 Å². The van der Waals surface area contributed by atoms with Gasteiger partial charge in [0.05, 0.1) is 36.9 Å². The number of hydrogen-bond donors (Lipinski definition) is 3. The number of primary amides is 1. The molecule has 0 aliphatic rings. The number of methoxy groups -OCH3 is 1. The van der Waals surface area contributed by atoms with E-state index in [2.05, 4.69) is 4.72 Å². The third kappa shape index (κ3) is 5.02. The first-order valence-electron chi connectivity index (χ1n) is 7.61. The molecule has 8 nitrogen and oxygen atoms in total. The van der Waals surface area contributed by atoms with Crippen LogP contribution < -0.4 is 15.2 Å². The average molecular weight is 400 g/mol. The van der Waals surface area contributed by atoms with E-state index in [-0.39, 0.29) is 36.0 Å². The van der Waals surface area contributed by atoms with Gasteiger partial charge in [-0.15, -0.1) is 0 Å². The first kappa shape index (κ1) is 20.3. The van der Waals surface area contributed by atoms with E-state index in [0.717, 1.165) is 11.6 Å². The van der Waals surface area contributed by atoms with Crippen LogP contribution in [0.5, 0.6) is 5.75 Å². The summed E-state index contributed by atoms with van der Waals surface area (Å²) < 4.78 is 38.1. The van der Waals surface area contributed by atoms with Crippen molar-refractivity contribution in [3.05, 3.63) is 46.2 Å². The number of hydrogen-bond acceptors (Lipinski definition) is 7. The summed E-state index contributed by atoms with van der Waals surface area (Å²) in [5.74, 6) is -0.597. The topological polar surface area (TPSA) is 128 Å². The van der Waals surface area contributed by atoms with Crippen LogP contribution in [0.15, 0.2) is 39.9 Å². The molecule has 10 heteroatoms. The Labute approximate surface area is 155 Å². The van der Waals surface area contributed by atoms with Crippen molar-refractivity contribution in [1.29, 1.82) is 0 Å². The highest BCUT2D eigenvalue weighted by Crippen LogP contribution is 2.23. The Kier molecular flexibility index (Phi) is 7.12. The fraction of sp³-hybridized carbons (Fsp3) is 0.312. The zero-order chi connectivity index (χ0) is 19.2. The van der Waals surface area contributed by atoms with Gasteiger partial charge in [0.2, 0.25) is 10.0 Å². The Morgan fingerprint density at radius 3 is 2.73 bits per heavy atom. The van der Waals surface area contributed by atoms with Crippen LogP contribution in [0.1, 0.15) is 22.0 Å². The molecule has 0 aliphatic carbocycles. The van der Waals surface area contributed by atoms with E-state index in [1.807, 2.05) is 16.8 Å². The molecule has 1 aromatic heterocycles. The maximum atomic E-state index is 12.5. The number of ether oxygens (including phenoxy) is 2. The summed E-state index contributed by atoms with van der Waals surface area (Å²) in [5, 5.41) is 12.6. The van der Waals surface area contributed by atoms with Gasteiger partial charge in [-0.1, -0.05) is 0 Å². The normalized spacial score (nSPS) is 12.7. The van der Waals surface area contributed by atoms with Crippen LogP contribution >= 0.6 is 11.3 Å². The predicted octanol–water partition coefficient (Wildman–Crippen LogP) is 0.884. The molecule has 0 radical (unpaired) electrons. The number of sulfonamides is 1. The molecule has 0 fully saturated rings. The third-order valence-electron chi connectivity index (χ3n) is 3.53. The summed E-state index contributed by atoms with van der Waals surface area (Å²) in [6, 6.07) is 5.67. The summed E-state index contributed by atoms with van der Waals surface area (Å²) in [4.78, 5) is 11.4. The number of amides is 1. The van der Waals surface area contributed by atoms with E-state index in [1.165, 1.54) is 30.6 Å². The molecule has 0 saturated carbocycles. The second-order valence-corrected chi connectivity index (χ2v) is 7.76. The van der Waals surface area contributed by atoms with Gasteiger partial charge in [0.25, 0.3) is 5.91 Å². The minimum absolute atomic E-state index is 0.0266. The number of rotatable bonds is 10. The molecular formula is C16H20N2O6S2. The first-order valence-corrected chi connectivity index (χ1v) is 10.0. The maximum absolute atomic E-state index is 12.5. The summed E-state index contributed by atoms with van der Waals surface area (Å²) in [6.45, 7) is -0.124. The molecule has 0 unspecified atom stereocenters. The fourth-order valence-corrected chi connectivity index (χ4v) is 4.00. The largest absolute Gasteiger partial charge is 0.496 e. The molecule has 0 aliphatic heterocycles. The smallest absolute Gasteiger partial charge is 0.252 e. The summed E-state index contributed by atoms with van der Waals surface area (Å²) >= 11 is 1.46. The van der Waals surface area contributed by atoms with Crippen LogP contribution in [0.2, 0.25) is 0 Å². The number of thiophene rings is 1. The first-order chi connectivity index (χ1) is 12.4. The van der Waals surface area contributed by atoms with Crippen molar-refractivity contribution < 1.29 is 27.8 Å². The lowest BCUT2D eigenvalue weighted by molar-refractivity contribution is 0.0311. The van der Waals surface area contributed by atoms with E-state index in [0.29, 0.717) is 0 Å². The lowest BCUT2D eigenvalue weighted by Crippen LogP contribution is -2.30. The lowest BCUT2D eigenvalue weighted by atomic mass is 10.2. The van der Waals surface area contributed by atoms with E-state index >= 15 is 0 Å². The van der Waals surface area contributed by atoms with Crippen molar-refractivity contribution in [3.8, 4) is 5.75 Å². The Balaban J connectivity index is 2.19. The minimum Gasteiger partial charge on any atom is -0.496 e. The predicted molar refractivity (Wildman–Crippen MR) is 96.8 cm³/mol. The zero-order valence-electron chi connectivity index (χ0n) is 14.0. The molecule has 2 aromatic rings. The highest BCUT2D eigenvalue weighted by Gasteiger charge is 2.21. The van der Waals surface area contributed by atoms with E-state index in [9.17, 15) is 13.2 Å². The Morgan fingerprint density at radius 1 is 1.38 bits per heavy atom. The fourth-order valence-electron chi connectivity index (χ4n) is 2.24. The van der Waals surface area contributed by atoms with Crippen molar-refractivity contribution in [2.75, 3.05) is 26.9 Å². The molecule has 26 heavy (non-hydrogen) atoms. The van der Waals surface area contributed by atoms with Crippen molar-refractivity contribution in [2.45, 2.75) is 11.0 Å². The number of carbonyl (C=O) groups excluding carboxylic acids is 1. The van der Waals surface area contributed by atoms with Crippen molar-refractivity contribution in [3.63, 3.8) is 0 Å². The molecule has 1 heterocycles. The molecule has 0 bridgehead atoms. The van der Waals surface area contributed by atoms with Crippen molar-refractivity contribution in [2.24, 2.45) is 5.73 Å². The summed E-state index contributed by atoms with van der Waals surface area (Å²) in [5.41, 5.74) is 6.04. The monoisotopic (exact) mass is 400 g/mol. The molecule has 2 rings (SSSR count). The van der Waals surface area contributed by atoms with E-state index in [4.69, 9.17) is 20.3 Å². The minimum atomic E-state index is -3.90. The summed E-state index contributed by atoms with van der Waals surface area (Å²) in [7, 11) is -2.55. The Morgan fingerprint density at radius 2 is 2.15 bits per heavy atom. The van der Waals surface area contributed by atoms with Crippen LogP contribution in [-0.4, -0.2) is 46.3 Å². The van der Waals surface area contributed by atoms with Gasteiger partial charge in [-0.2, -0.15) is 11.3 Å². The van der Waals surface area contributed by atoms with Gasteiger partial charge in [-0.25, -0.2) is 13.1 Å². The van der Waals surface area contributed by atoms with E-state index < -0.39 is 22.0 Å². The van der Waals surface area contributed by atoms with Gasteiger partial charge in [0.15, 0.2) is 0 Å².